The zero-order valence-corrected chi connectivity index (χ0v) is 11.6. The lowest BCUT2D eigenvalue weighted by molar-refractivity contribution is -0.0119. The van der Waals surface area contributed by atoms with Gasteiger partial charge < -0.3 is 10.4 Å². The molecule has 1 fully saturated rings. The van der Waals surface area contributed by atoms with Crippen LogP contribution in [0.3, 0.4) is 0 Å². The molecule has 1 saturated carbocycles. The Morgan fingerprint density at radius 2 is 2.06 bits per heavy atom. The number of benzene rings is 1. The first kappa shape index (κ1) is 13.6. The summed E-state index contributed by atoms with van der Waals surface area (Å²) in [4.78, 5) is 0. The average Bonchev–Trinajstić information content (AvgIpc) is 2.31. The van der Waals surface area contributed by atoms with Gasteiger partial charge in [-0.05, 0) is 31.2 Å². The maximum Gasteiger partial charge on any atom is 0.0774 e. The zero-order chi connectivity index (χ0) is 13.0. The van der Waals surface area contributed by atoms with Crippen LogP contribution in [0.1, 0.15) is 43.7 Å². The third kappa shape index (κ3) is 3.82. The number of rotatable bonds is 4. The Labute approximate surface area is 110 Å². The third-order valence-corrected chi connectivity index (χ3v) is 3.97. The molecule has 0 spiro atoms. The molecule has 0 heterocycles. The van der Waals surface area contributed by atoms with Gasteiger partial charge in [0.25, 0.3) is 0 Å². The number of aliphatic hydroxyl groups is 1. The van der Waals surface area contributed by atoms with Crippen LogP contribution in [0, 0.1) is 12.8 Å². The summed E-state index contributed by atoms with van der Waals surface area (Å²) in [6, 6.07) is 8.56. The van der Waals surface area contributed by atoms with Crippen LogP contribution in [0.5, 0.6) is 0 Å². The molecular weight excluding hydrogens is 222 g/mol. The van der Waals surface area contributed by atoms with Crippen LogP contribution in [0.4, 0.5) is 0 Å². The van der Waals surface area contributed by atoms with Crippen molar-refractivity contribution in [2.45, 2.75) is 51.7 Å². The Kier molecular flexibility index (Phi) is 4.41. The average molecular weight is 247 g/mol. The van der Waals surface area contributed by atoms with Crippen LogP contribution >= 0.6 is 0 Å². The summed E-state index contributed by atoms with van der Waals surface area (Å²) < 4.78 is 0. The standard InChI is InChI=1S/C16H25NO/c1-13-5-7-15(8-6-13)11-17-12-16(18)9-3-4-14(2)10-16/h5-8,14,17-18H,3-4,9-12H2,1-2H3. The second-order valence-electron chi connectivity index (χ2n) is 6.02. The molecule has 2 heteroatoms. The lowest BCUT2D eigenvalue weighted by Crippen LogP contribution is -2.43. The number of hydrogen-bond acceptors (Lipinski definition) is 2. The monoisotopic (exact) mass is 247 g/mol. The predicted molar refractivity (Wildman–Crippen MR) is 75.5 cm³/mol. The van der Waals surface area contributed by atoms with Gasteiger partial charge in [-0.3, -0.25) is 0 Å². The van der Waals surface area contributed by atoms with Crippen LogP contribution in [0.15, 0.2) is 24.3 Å². The molecule has 0 aliphatic heterocycles. The van der Waals surface area contributed by atoms with Crippen molar-refractivity contribution in [1.82, 2.24) is 5.32 Å². The Bertz CT molecular complexity index is 373. The van der Waals surface area contributed by atoms with Gasteiger partial charge in [-0.15, -0.1) is 0 Å². The molecule has 1 aliphatic carbocycles. The summed E-state index contributed by atoms with van der Waals surface area (Å²) in [6.45, 7) is 5.90. The molecule has 1 aromatic carbocycles. The first-order valence-corrected chi connectivity index (χ1v) is 7.06. The maximum atomic E-state index is 10.5. The minimum absolute atomic E-state index is 0.484. The van der Waals surface area contributed by atoms with Crippen molar-refractivity contribution in [3.05, 3.63) is 35.4 Å². The highest BCUT2D eigenvalue weighted by atomic mass is 16.3. The summed E-state index contributed by atoms with van der Waals surface area (Å²) in [5, 5.41) is 13.9. The minimum atomic E-state index is -0.484. The SMILES string of the molecule is Cc1ccc(CNCC2(O)CCCC(C)C2)cc1. The Hall–Kier alpha value is -0.860. The van der Waals surface area contributed by atoms with Crippen molar-refractivity contribution in [1.29, 1.82) is 0 Å². The molecule has 2 unspecified atom stereocenters. The van der Waals surface area contributed by atoms with Crippen molar-refractivity contribution in [2.24, 2.45) is 5.92 Å². The molecule has 0 aromatic heterocycles. The van der Waals surface area contributed by atoms with E-state index in [1.807, 2.05) is 0 Å². The minimum Gasteiger partial charge on any atom is -0.389 e. The Balaban J connectivity index is 1.79. The summed E-state index contributed by atoms with van der Waals surface area (Å²) >= 11 is 0. The Morgan fingerprint density at radius 3 is 2.72 bits per heavy atom. The Morgan fingerprint density at radius 1 is 1.33 bits per heavy atom. The van der Waals surface area contributed by atoms with Crippen LogP contribution in [-0.4, -0.2) is 17.3 Å². The molecule has 0 bridgehead atoms. The van der Waals surface area contributed by atoms with E-state index in [9.17, 15) is 5.11 Å². The van der Waals surface area contributed by atoms with Gasteiger partial charge in [0.15, 0.2) is 0 Å². The first-order valence-electron chi connectivity index (χ1n) is 7.06. The van der Waals surface area contributed by atoms with Gasteiger partial charge in [-0.2, -0.15) is 0 Å². The third-order valence-electron chi connectivity index (χ3n) is 3.97. The summed E-state index contributed by atoms with van der Waals surface area (Å²) in [7, 11) is 0. The van der Waals surface area contributed by atoms with E-state index < -0.39 is 5.60 Å². The van der Waals surface area contributed by atoms with E-state index in [2.05, 4.69) is 43.4 Å². The van der Waals surface area contributed by atoms with Crippen molar-refractivity contribution < 1.29 is 5.11 Å². The van der Waals surface area contributed by atoms with Crippen LogP contribution < -0.4 is 5.32 Å². The van der Waals surface area contributed by atoms with Crippen LogP contribution in [0.25, 0.3) is 0 Å². The van der Waals surface area contributed by atoms with E-state index in [0.29, 0.717) is 12.5 Å². The molecule has 100 valence electrons. The van der Waals surface area contributed by atoms with Gasteiger partial charge in [0.05, 0.1) is 5.60 Å². The first-order chi connectivity index (χ1) is 8.57. The fourth-order valence-electron chi connectivity index (χ4n) is 2.94. The largest absolute Gasteiger partial charge is 0.389 e. The second-order valence-corrected chi connectivity index (χ2v) is 6.02. The van der Waals surface area contributed by atoms with E-state index in [1.165, 1.54) is 17.5 Å². The van der Waals surface area contributed by atoms with Crippen molar-refractivity contribution in [3.63, 3.8) is 0 Å². The molecule has 2 atom stereocenters. The fraction of sp³-hybridized carbons (Fsp3) is 0.625. The highest BCUT2D eigenvalue weighted by molar-refractivity contribution is 5.21. The molecule has 2 nitrogen and oxygen atoms in total. The lowest BCUT2D eigenvalue weighted by atomic mass is 9.79. The van der Waals surface area contributed by atoms with E-state index in [0.717, 1.165) is 25.8 Å². The molecule has 0 amide bonds. The molecular formula is C16H25NO. The molecule has 0 saturated heterocycles. The maximum absolute atomic E-state index is 10.5. The molecule has 2 N–H and O–H groups in total. The normalized spacial score (nSPS) is 28.3. The van der Waals surface area contributed by atoms with Gasteiger partial charge in [0.1, 0.15) is 0 Å². The number of aryl methyl sites for hydroxylation is 1. The van der Waals surface area contributed by atoms with E-state index >= 15 is 0 Å². The van der Waals surface area contributed by atoms with E-state index in [1.54, 1.807) is 0 Å². The van der Waals surface area contributed by atoms with Gasteiger partial charge in [0.2, 0.25) is 0 Å². The summed E-state index contributed by atoms with van der Waals surface area (Å²) in [6.07, 6.45) is 4.30. The summed E-state index contributed by atoms with van der Waals surface area (Å²) in [5.41, 5.74) is 2.09. The number of nitrogens with one attached hydrogen (secondary N) is 1. The zero-order valence-electron chi connectivity index (χ0n) is 11.6. The molecule has 2 rings (SSSR count). The molecule has 1 aliphatic rings. The van der Waals surface area contributed by atoms with Crippen LogP contribution in [-0.2, 0) is 6.54 Å². The highest BCUT2D eigenvalue weighted by Crippen LogP contribution is 2.31. The number of hydrogen-bond donors (Lipinski definition) is 2. The van der Waals surface area contributed by atoms with Gasteiger partial charge in [-0.25, -0.2) is 0 Å². The van der Waals surface area contributed by atoms with E-state index in [4.69, 9.17) is 0 Å². The van der Waals surface area contributed by atoms with E-state index in [-0.39, 0.29) is 0 Å². The molecule has 1 aromatic rings. The van der Waals surface area contributed by atoms with Crippen molar-refractivity contribution in [3.8, 4) is 0 Å². The quantitative estimate of drug-likeness (QED) is 0.857. The predicted octanol–water partition coefficient (Wildman–Crippen LogP) is 3.03. The second kappa shape index (κ2) is 5.85. The highest BCUT2D eigenvalue weighted by Gasteiger charge is 2.31. The van der Waals surface area contributed by atoms with Gasteiger partial charge >= 0.3 is 0 Å². The summed E-state index contributed by atoms with van der Waals surface area (Å²) in [5.74, 6) is 0.657. The topological polar surface area (TPSA) is 32.3 Å². The van der Waals surface area contributed by atoms with Gasteiger partial charge in [-0.1, -0.05) is 49.6 Å². The van der Waals surface area contributed by atoms with Crippen LogP contribution in [0.2, 0.25) is 0 Å². The van der Waals surface area contributed by atoms with Crippen molar-refractivity contribution in [2.75, 3.05) is 6.54 Å². The molecule has 0 radical (unpaired) electrons. The fourth-order valence-corrected chi connectivity index (χ4v) is 2.94. The smallest absolute Gasteiger partial charge is 0.0774 e. The van der Waals surface area contributed by atoms with Gasteiger partial charge in [0, 0.05) is 13.1 Å². The van der Waals surface area contributed by atoms with Crippen molar-refractivity contribution >= 4 is 0 Å². The lowest BCUT2D eigenvalue weighted by Gasteiger charge is -2.35. The molecule has 18 heavy (non-hydrogen) atoms.